The van der Waals surface area contributed by atoms with Crippen LogP contribution in [0, 0.1) is 18.4 Å². The lowest BCUT2D eigenvalue weighted by Gasteiger charge is -2.09. The van der Waals surface area contributed by atoms with Crippen molar-refractivity contribution in [1.82, 2.24) is 9.97 Å². The van der Waals surface area contributed by atoms with Crippen molar-refractivity contribution in [3.8, 4) is 12.1 Å². The molecule has 0 spiro atoms. The van der Waals surface area contributed by atoms with Crippen LogP contribution in [0.15, 0.2) is 6.07 Å². The SMILES string of the molecule is Cc1cc(OC(C)C)nc(NC#N)n1. The average Bonchev–Trinajstić information content (AvgIpc) is 2.01. The van der Waals surface area contributed by atoms with Crippen molar-refractivity contribution in [1.29, 1.82) is 5.26 Å². The summed E-state index contributed by atoms with van der Waals surface area (Å²) in [5.74, 6) is 0.744. The molecule has 1 rings (SSSR count). The molecule has 0 bridgehead atoms. The zero-order valence-electron chi connectivity index (χ0n) is 8.40. The molecule has 5 nitrogen and oxygen atoms in total. The predicted molar refractivity (Wildman–Crippen MR) is 51.8 cm³/mol. The summed E-state index contributed by atoms with van der Waals surface area (Å²) in [6.07, 6.45) is 1.82. The second-order valence-electron chi connectivity index (χ2n) is 3.07. The minimum atomic E-state index is 0.0548. The number of hydrogen-bond donors (Lipinski definition) is 1. The van der Waals surface area contributed by atoms with E-state index < -0.39 is 0 Å². The van der Waals surface area contributed by atoms with E-state index >= 15 is 0 Å². The Morgan fingerprint density at radius 1 is 1.50 bits per heavy atom. The Kier molecular flexibility index (Phi) is 3.24. The Labute approximate surface area is 82.8 Å². The highest BCUT2D eigenvalue weighted by Crippen LogP contribution is 2.12. The number of aromatic nitrogens is 2. The molecule has 0 radical (unpaired) electrons. The number of hydrogen-bond acceptors (Lipinski definition) is 5. The number of ether oxygens (including phenoxy) is 1. The third-order valence-electron chi connectivity index (χ3n) is 1.35. The summed E-state index contributed by atoms with van der Waals surface area (Å²) in [4.78, 5) is 8.00. The first-order valence-electron chi connectivity index (χ1n) is 4.29. The van der Waals surface area contributed by atoms with E-state index in [9.17, 15) is 0 Å². The van der Waals surface area contributed by atoms with Crippen LogP contribution in [0.5, 0.6) is 5.88 Å². The molecular weight excluding hydrogens is 180 g/mol. The summed E-state index contributed by atoms with van der Waals surface area (Å²) < 4.78 is 5.38. The zero-order chi connectivity index (χ0) is 10.6. The summed E-state index contributed by atoms with van der Waals surface area (Å²) in [5.41, 5.74) is 0.758. The number of nitrogens with one attached hydrogen (secondary N) is 1. The van der Waals surface area contributed by atoms with Gasteiger partial charge in [0.25, 0.3) is 0 Å². The molecule has 0 aromatic carbocycles. The molecule has 14 heavy (non-hydrogen) atoms. The highest BCUT2D eigenvalue weighted by atomic mass is 16.5. The van der Waals surface area contributed by atoms with Gasteiger partial charge in [0.2, 0.25) is 11.8 Å². The van der Waals surface area contributed by atoms with Crippen LogP contribution in [-0.4, -0.2) is 16.1 Å². The maximum Gasteiger partial charge on any atom is 0.239 e. The second kappa shape index (κ2) is 4.42. The van der Waals surface area contributed by atoms with Crippen molar-refractivity contribution in [2.75, 3.05) is 5.32 Å². The minimum Gasteiger partial charge on any atom is -0.475 e. The van der Waals surface area contributed by atoms with Gasteiger partial charge in [-0.25, -0.2) is 4.98 Å². The molecule has 0 fully saturated rings. The fraction of sp³-hybridized carbons (Fsp3) is 0.444. The fourth-order valence-corrected chi connectivity index (χ4v) is 0.947. The first kappa shape index (κ1) is 10.3. The summed E-state index contributed by atoms with van der Waals surface area (Å²) in [7, 11) is 0. The Balaban J connectivity index is 2.90. The van der Waals surface area contributed by atoms with E-state index in [1.165, 1.54) is 0 Å². The van der Waals surface area contributed by atoms with Gasteiger partial charge < -0.3 is 4.74 Å². The molecule has 0 aliphatic heterocycles. The number of nitrogens with zero attached hydrogens (tertiary/aromatic N) is 3. The van der Waals surface area contributed by atoms with Crippen LogP contribution < -0.4 is 10.1 Å². The van der Waals surface area contributed by atoms with Crippen LogP contribution in [0.1, 0.15) is 19.5 Å². The molecule has 0 atom stereocenters. The molecule has 74 valence electrons. The van der Waals surface area contributed by atoms with Crippen molar-refractivity contribution in [3.05, 3.63) is 11.8 Å². The molecule has 0 saturated carbocycles. The smallest absolute Gasteiger partial charge is 0.239 e. The number of rotatable bonds is 3. The van der Waals surface area contributed by atoms with Crippen LogP contribution in [0.4, 0.5) is 5.95 Å². The predicted octanol–water partition coefficient (Wildman–Crippen LogP) is 1.47. The number of anilines is 1. The summed E-state index contributed by atoms with van der Waals surface area (Å²) in [6.45, 7) is 5.64. The molecule has 1 aromatic heterocycles. The minimum absolute atomic E-state index is 0.0548. The molecule has 1 heterocycles. The van der Waals surface area contributed by atoms with E-state index in [0.29, 0.717) is 5.88 Å². The Morgan fingerprint density at radius 3 is 2.79 bits per heavy atom. The molecule has 0 aliphatic rings. The fourth-order valence-electron chi connectivity index (χ4n) is 0.947. The highest BCUT2D eigenvalue weighted by molar-refractivity contribution is 5.34. The van der Waals surface area contributed by atoms with Gasteiger partial charge in [0.15, 0.2) is 6.19 Å². The second-order valence-corrected chi connectivity index (χ2v) is 3.07. The highest BCUT2D eigenvalue weighted by Gasteiger charge is 2.03. The van der Waals surface area contributed by atoms with Crippen LogP contribution in [0.25, 0.3) is 0 Å². The van der Waals surface area contributed by atoms with Crippen LogP contribution >= 0.6 is 0 Å². The van der Waals surface area contributed by atoms with Gasteiger partial charge >= 0.3 is 0 Å². The van der Waals surface area contributed by atoms with Gasteiger partial charge in [0.1, 0.15) is 0 Å². The van der Waals surface area contributed by atoms with Gasteiger partial charge in [0.05, 0.1) is 6.10 Å². The van der Waals surface area contributed by atoms with Crippen LogP contribution in [0.2, 0.25) is 0 Å². The van der Waals surface area contributed by atoms with Gasteiger partial charge in [-0.15, -0.1) is 0 Å². The Morgan fingerprint density at radius 2 is 2.21 bits per heavy atom. The molecule has 1 aromatic rings. The standard InChI is InChI=1S/C9H12N4O/c1-6(2)14-8-4-7(3)12-9(13-8)11-5-10/h4,6H,1-3H3,(H,11,12,13). The summed E-state index contributed by atoms with van der Waals surface area (Å²) >= 11 is 0. The van der Waals surface area contributed by atoms with Crippen LogP contribution in [-0.2, 0) is 0 Å². The number of nitriles is 1. The summed E-state index contributed by atoms with van der Waals surface area (Å²) in [5, 5.41) is 10.8. The molecule has 0 aliphatic carbocycles. The lowest BCUT2D eigenvalue weighted by atomic mass is 10.4. The first-order chi connectivity index (χ1) is 6.61. The van der Waals surface area contributed by atoms with E-state index in [4.69, 9.17) is 10.00 Å². The third-order valence-corrected chi connectivity index (χ3v) is 1.35. The van der Waals surface area contributed by atoms with Gasteiger partial charge in [-0.1, -0.05) is 0 Å². The molecule has 0 saturated heterocycles. The normalized spacial score (nSPS) is 9.64. The van der Waals surface area contributed by atoms with Crippen molar-refractivity contribution in [2.45, 2.75) is 26.9 Å². The van der Waals surface area contributed by atoms with Gasteiger partial charge in [-0.05, 0) is 20.8 Å². The van der Waals surface area contributed by atoms with Gasteiger partial charge in [-0.2, -0.15) is 10.2 Å². The van der Waals surface area contributed by atoms with Gasteiger partial charge in [-0.3, -0.25) is 5.32 Å². The largest absolute Gasteiger partial charge is 0.475 e. The first-order valence-corrected chi connectivity index (χ1v) is 4.29. The zero-order valence-corrected chi connectivity index (χ0v) is 8.40. The maximum absolute atomic E-state index is 8.40. The monoisotopic (exact) mass is 192 g/mol. The van der Waals surface area contributed by atoms with Gasteiger partial charge in [0, 0.05) is 11.8 Å². The third kappa shape index (κ3) is 2.90. The van der Waals surface area contributed by atoms with Crippen molar-refractivity contribution >= 4 is 5.95 Å². The number of aryl methyl sites for hydroxylation is 1. The topological polar surface area (TPSA) is 70.8 Å². The quantitative estimate of drug-likeness (QED) is 0.580. The average molecular weight is 192 g/mol. The lowest BCUT2D eigenvalue weighted by molar-refractivity contribution is 0.232. The summed E-state index contributed by atoms with van der Waals surface area (Å²) in [6, 6.07) is 1.72. The van der Waals surface area contributed by atoms with E-state index in [-0.39, 0.29) is 12.1 Å². The van der Waals surface area contributed by atoms with E-state index in [1.807, 2.05) is 20.8 Å². The molecule has 0 amide bonds. The van der Waals surface area contributed by atoms with E-state index in [1.54, 1.807) is 12.3 Å². The van der Waals surface area contributed by atoms with Crippen molar-refractivity contribution in [2.24, 2.45) is 0 Å². The molecule has 0 unspecified atom stereocenters. The van der Waals surface area contributed by atoms with Crippen molar-refractivity contribution < 1.29 is 4.74 Å². The molecule has 1 N–H and O–H groups in total. The van der Waals surface area contributed by atoms with E-state index in [0.717, 1.165) is 5.69 Å². The molecule has 5 heteroatoms. The maximum atomic E-state index is 8.40. The Bertz CT molecular complexity index is 356. The van der Waals surface area contributed by atoms with E-state index in [2.05, 4.69) is 15.3 Å². The van der Waals surface area contributed by atoms with Crippen LogP contribution in [0.3, 0.4) is 0 Å². The Hall–Kier alpha value is -1.83. The lowest BCUT2D eigenvalue weighted by Crippen LogP contribution is -2.08. The molecular formula is C9H12N4O. The van der Waals surface area contributed by atoms with Crippen molar-refractivity contribution in [3.63, 3.8) is 0 Å².